The molecule has 0 aliphatic carbocycles. The Kier molecular flexibility index (Phi) is 6.61. The van der Waals surface area contributed by atoms with Gasteiger partial charge in [0.25, 0.3) is 0 Å². The van der Waals surface area contributed by atoms with Crippen LogP contribution in [0.25, 0.3) is 0 Å². The van der Waals surface area contributed by atoms with Crippen LogP contribution in [0.2, 0.25) is 0 Å². The Bertz CT molecular complexity index is 396. The smallest absolute Gasteiger partial charge is 0.307 e. The first-order chi connectivity index (χ1) is 9.81. The van der Waals surface area contributed by atoms with Crippen molar-refractivity contribution >= 4 is 17.8 Å². The first-order valence-corrected chi connectivity index (χ1v) is 7.18. The summed E-state index contributed by atoms with van der Waals surface area (Å²) in [5.41, 5.74) is 0. The monoisotopic (exact) mass is 299 g/mol. The van der Waals surface area contributed by atoms with E-state index in [9.17, 15) is 14.4 Å². The molecule has 1 aliphatic rings. The number of hydrogen-bond donors (Lipinski definition) is 1. The minimum Gasteiger partial charge on any atom is -0.465 e. The lowest BCUT2D eigenvalue weighted by molar-refractivity contribution is -0.150. The number of esters is 1. The minimum atomic E-state index is -0.637. The average molecular weight is 299 g/mol. The Morgan fingerprint density at radius 3 is 2.67 bits per heavy atom. The number of hydrogen-bond acceptors (Lipinski definition) is 5. The van der Waals surface area contributed by atoms with Crippen LogP contribution >= 0.6 is 0 Å². The third-order valence-corrected chi connectivity index (χ3v) is 3.22. The second-order valence-electron chi connectivity index (χ2n) is 5.85. The second-order valence-corrected chi connectivity index (χ2v) is 5.85. The lowest BCUT2D eigenvalue weighted by Gasteiger charge is -2.34. The number of carbonyl (C=O) groups is 3. The van der Waals surface area contributed by atoms with E-state index in [2.05, 4.69) is 5.32 Å². The molecule has 0 aromatic heterocycles. The number of piperazine rings is 1. The summed E-state index contributed by atoms with van der Waals surface area (Å²) in [6.45, 7) is 5.39. The molecule has 0 aromatic carbocycles. The zero-order valence-corrected chi connectivity index (χ0v) is 13.2. The van der Waals surface area contributed by atoms with Crippen molar-refractivity contribution in [2.24, 2.45) is 5.92 Å². The number of rotatable bonds is 6. The molecule has 7 nitrogen and oxygen atoms in total. The van der Waals surface area contributed by atoms with Gasteiger partial charge in [0.15, 0.2) is 0 Å². The highest BCUT2D eigenvalue weighted by Crippen LogP contribution is 2.10. The maximum absolute atomic E-state index is 11.9. The number of nitrogens with one attached hydrogen (secondary N) is 1. The molecular formula is C14H25N3O4. The molecule has 0 aromatic rings. The third-order valence-electron chi connectivity index (χ3n) is 3.22. The molecule has 1 aliphatic heterocycles. The molecule has 1 fully saturated rings. The first-order valence-electron chi connectivity index (χ1n) is 7.18. The van der Waals surface area contributed by atoms with Crippen LogP contribution in [0.5, 0.6) is 0 Å². The van der Waals surface area contributed by atoms with E-state index >= 15 is 0 Å². The summed E-state index contributed by atoms with van der Waals surface area (Å²) in [6.07, 6.45) is -0.0285. The van der Waals surface area contributed by atoms with Crippen LogP contribution in [-0.2, 0) is 19.1 Å². The van der Waals surface area contributed by atoms with Crippen molar-refractivity contribution in [2.75, 3.05) is 40.3 Å². The van der Waals surface area contributed by atoms with E-state index in [-0.39, 0.29) is 30.7 Å². The van der Waals surface area contributed by atoms with E-state index in [0.29, 0.717) is 19.7 Å². The molecule has 120 valence electrons. The molecule has 0 bridgehead atoms. The maximum Gasteiger partial charge on any atom is 0.307 e. The largest absolute Gasteiger partial charge is 0.465 e. The maximum atomic E-state index is 11.9. The summed E-state index contributed by atoms with van der Waals surface area (Å²) < 4.78 is 5.11. The highest BCUT2D eigenvalue weighted by Gasteiger charge is 2.33. The normalized spacial score (nSPS) is 19.3. The standard InChI is InChI=1S/C14H25N3O4/c1-10(2)9-21-13(19)7-11-14(20)15-5-6-17(11)8-12(18)16(3)4/h10-11H,5-9H2,1-4H3,(H,15,20). The van der Waals surface area contributed by atoms with Crippen LogP contribution in [0.4, 0.5) is 0 Å². The van der Waals surface area contributed by atoms with E-state index in [1.54, 1.807) is 19.0 Å². The van der Waals surface area contributed by atoms with Crippen LogP contribution in [0.15, 0.2) is 0 Å². The molecule has 1 N–H and O–H groups in total. The highest BCUT2D eigenvalue weighted by molar-refractivity contribution is 5.88. The van der Waals surface area contributed by atoms with Crippen molar-refractivity contribution in [1.82, 2.24) is 15.1 Å². The second kappa shape index (κ2) is 7.97. The molecular weight excluding hydrogens is 274 g/mol. The quantitative estimate of drug-likeness (QED) is 0.667. The van der Waals surface area contributed by atoms with Gasteiger partial charge in [-0.15, -0.1) is 0 Å². The Hall–Kier alpha value is -1.63. The lowest BCUT2D eigenvalue weighted by Crippen LogP contribution is -2.57. The number of amides is 2. The van der Waals surface area contributed by atoms with Crippen molar-refractivity contribution in [1.29, 1.82) is 0 Å². The van der Waals surface area contributed by atoms with E-state index in [0.717, 1.165) is 0 Å². The van der Waals surface area contributed by atoms with Gasteiger partial charge < -0.3 is 15.0 Å². The van der Waals surface area contributed by atoms with Crippen molar-refractivity contribution in [3.63, 3.8) is 0 Å². The molecule has 7 heteroatoms. The van der Waals surface area contributed by atoms with Gasteiger partial charge in [-0.3, -0.25) is 19.3 Å². The number of likely N-dealkylation sites (N-methyl/N-ethyl adjacent to an activating group) is 1. The molecule has 1 unspecified atom stereocenters. The zero-order chi connectivity index (χ0) is 16.0. The highest BCUT2D eigenvalue weighted by atomic mass is 16.5. The molecule has 0 spiro atoms. The van der Waals surface area contributed by atoms with E-state index in [1.165, 1.54) is 4.90 Å². The van der Waals surface area contributed by atoms with Crippen LogP contribution in [-0.4, -0.2) is 74.0 Å². The Labute approximate surface area is 125 Å². The van der Waals surface area contributed by atoms with Gasteiger partial charge in [-0.2, -0.15) is 0 Å². The van der Waals surface area contributed by atoms with E-state index in [4.69, 9.17) is 4.74 Å². The molecule has 0 radical (unpaired) electrons. The van der Waals surface area contributed by atoms with Crippen molar-refractivity contribution in [3.05, 3.63) is 0 Å². The SMILES string of the molecule is CC(C)COC(=O)CC1C(=O)NCCN1CC(=O)N(C)C. The molecule has 21 heavy (non-hydrogen) atoms. The molecule has 1 saturated heterocycles. The molecule has 1 atom stereocenters. The summed E-state index contributed by atoms with van der Waals surface area (Å²) in [6, 6.07) is -0.637. The predicted octanol–water partition coefficient (Wildman–Crippen LogP) is -0.536. The number of ether oxygens (including phenoxy) is 1. The Balaban J connectivity index is 2.62. The first kappa shape index (κ1) is 17.4. The van der Waals surface area contributed by atoms with Crippen LogP contribution in [0.3, 0.4) is 0 Å². The predicted molar refractivity (Wildman–Crippen MR) is 77.5 cm³/mol. The summed E-state index contributed by atoms with van der Waals surface area (Å²) in [5, 5.41) is 2.72. The fourth-order valence-electron chi connectivity index (χ4n) is 1.96. The molecule has 1 rings (SSSR count). The Morgan fingerprint density at radius 1 is 1.43 bits per heavy atom. The lowest BCUT2D eigenvalue weighted by atomic mass is 10.1. The van der Waals surface area contributed by atoms with Gasteiger partial charge in [0, 0.05) is 27.2 Å². The molecule has 2 amide bonds. The van der Waals surface area contributed by atoms with Gasteiger partial charge in [-0.05, 0) is 5.92 Å². The van der Waals surface area contributed by atoms with Gasteiger partial charge in [-0.1, -0.05) is 13.8 Å². The van der Waals surface area contributed by atoms with E-state index < -0.39 is 12.0 Å². The summed E-state index contributed by atoms with van der Waals surface area (Å²) >= 11 is 0. The van der Waals surface area contributed by atoms with Crippen LogP contribution in [0, 0.1) is 5.92 Å². The van der Waals surface area contributed by atoms with Crippen molar-refractivity contribution in [2.45, 2.75) is 26.3 Å². The molecule has 1 heterocycles. The van der Waals surface area contributed by atoms with Gasteiger partial charge in [0.05, 0.1) is 19.6 Å². The van der Waals surface area contributed by atoms with Crippen LogP contribution < -0.4 is 5.32 Å². The average Bonchev–Trinajstić information content (AvgIpc) is 2.40. The summed E-state index contributed by atoms with van der Waals surface area (Å²) in [5.74, 6) is -0.479. The topological polar surface area (TPSA) is 79.0 Å². The van der Waals surface area contributed by atoms with Gasteiger partial charge in [-0.25, -0.2) is 0 Å². The van der Waals surface area contributed by atoms with E-state index in [1.807, 2.05) is 13.8 Å². The van der Waals surface area contributed by atoms with Crippen molar-refractivity contribution < 1.29 is 19.1 Å². The summed E-state index contributed by atoms with van der Waals surface area (Å²) in [4.78, 5) is 38.8. The van der Waals surface area contributed by atoms with Crippen molar-refractivity contribution in [3.8, 4) is 0 Å². The zero-order valence-electron chi connectivity index (χ0n) is 13.2. The van der Waals surface area contributed by atoms with Gasteiger partial charge in [0.2, 0.25) is 11.8 Å². The minimum absolute atomic E-state index is 0.0285. The van der Waals surface area contributed by atoms with Gasteiger partial charge >= 0.3 is 5.97 Å². The third kappa shape index (κ3) is 5.71. The fraction of sp³-hybridized carbons (Fsp3) is 0.786. The summed E-state index contributed by atoms with van der Waals surface area (Å²) in [7, 11) is 3.33. The van der Waals surface area contributed by atoms with Gasteiger partial charge in [0.1, 0.15) is 6.04 Å². The fourth-order valence-corrected chi connectivity index (χ4v) is 1.96. The Morgan fingerprint density at radius 2 is 2.10 bits per heavy atom. The number of carbonyl (C=O) groups excluding carboxylic acids is 3. The number of nitrogens with zero attached hydrogens (tertiary/aromatic N) is 2. The molecule has 0 saturated carbocycles. The van der Waals surface area contributed by atoms with Crippen LogP contribution in [0.1, 0.15) is 20.3 Å².